The van der Waals surface area contributed by atoms with Gasteiger partial charge in [0.15, 0.2) is 16.4 Å². The second kappa shape index (κ2) is 9.89. The Kier molecular flexibility index (Phi) is 6.92. The zero-order valence-electron chi connectivity index (χ0n) is 18.1. The van der Waals surface area contributed by atoms with Crippen LogP contribution in [0.1, 0.15) is 22.8 Å². The fraction of sp³-hybridized carbons (Fsp3) is 0.125. The van der Waals surface area contributed by atoms with Crippen LogP contribution in [0.5, 0.6) is 11.5 Å². The molecule has 1 aromatic heterocycles. The number of oxazole rings is 1. The lowest BCUT2D eigenvalue weighted by molar-refractivity contribution is 0.0977. The summed E-state index contributed by atoms with van der Waals surface area (Å²) in [5, 5.41) is 16.4. The SMILES string of the molecule is CCc1ccc2oc(-c3ccc(NC(=S)NC(=O)c4cc(Cl)c(OC)c(Cl)c4)cc3O)nc2c1. The normalized spacial score (nSPS) is 10.8. The first-order chi connectivity index (χ1) is 16.3. The van der Waals surface area contributed by atoms with E-state index in [2.05, 4.69) is 22.5 Å². The van der Waals surface area contributed by atoms with E-state index in [4.69, 9.17) is 44.6 Å². The van der Waals surface area contributed by atoms with Crippen LogP contribution in [0.4, 0.5) is 5.69 Å². The topological polar surface area (TPSA) is 96.6 Å². The summed E-state index contributed by atoms with van der Waals surface area (Å²) in [6.07, 6.45) is 0.888. The Labute approximate surface area is 210 Å². The Balaban J connectivity index is 1.47. The molecule has 10 heteroatoms. The van der Waals surface area contributed by atoms with Crippen LogP contribution < -0.4 is 15.4 Å². The first-order valence-electron chi connectivity index (χ1n) is 10.2. The van der Waals surface area contributed by atoms with Crippen LogP contribution in [-0.2, 0) is 6.42 Å². The Bertz CT molecular complexity index is 1400. The van der Waals surface area contributed by atoms with Crippen LogP contribution in [0.15, 0.2) is 52.9 Å². The molecule has 0 spiro atoms. The van der Waals surface area contributed by atoms with Crippen molar-refractivity contribution in [2.24, 2.45) is 0 Å². The minimum Gasteiger partial charge on any atom is -0.507 e. The molecule has 4 rings (SSSR count). The number of amides is 1. The molecule has 3 N–H and O–H groups in total. The van der Waals surface area contributed by atoms with E-state index >= 15 is 0 Å². The predicted molar refractivity (Wildman–Crippen MR) is 137 cm³/mol. The van der Waals surface area contributed by atoms with E-state index in [1.807, 2.05) is 18.2 Å². The maximum absolute atomic E-state index is 12.5. The molecule has 0 aliphatic heterocycles. The van der Waals surface area contributed by atoms with Gasteiger partial charge in [-0.05, 0) is 60.6 Å². The Morgan fingerprint density at radius 2 is 1.88 bits per heavy atom. The van der Waals surface area contributed by atoms with Gasteiger partial charge in [0.1, 0.15) is 11.3 Å². The number of rotatable bonds is 5. The summed E-state index contributed by atoms with van der Waals surface area (Å²) < 4.78 is 10.9. The fourth-order valence-electron chi connectivity index (χ4n) is 3.32. The van der Waals surface area contributed by atoms with Crippen molar-refractivity contribution in [3.05, 3.63) is 69.7 Å². The largest absolute Gasteiger partial charge is 0.507 e. The van der Waals surface area contributed by atoms with Gasteiger partial charge in [0.25, 0.3) is 5.91 Å². The van der Waals surface area contributed by atoms with Gasteiger partial charge in [0, 0.05) is 17.3 Å². The second-order valence-corrected chi connectivity index (χ2v) is 8.51. The van der Waals surface area contributed by atoms with Crippen molar-refractivity contribution in [2.75, 3.05) is 12.4 Å². The van der Waals surface area contributed by atoms with Gasteiger partial charge in [0.2, 0.25) is 5.89 Å². The molecule has 174 valence electrons. The number of halogens is 2. The fourth-order valence-corrected chi connectivity index (χ4v) is 4.17. The van der Waals surface area contributed by atoms with Gasteiger partial charge in [-0.25, -0.2) is 4.98 Å². The molecule has 1 heterocycles. The Morgan fingerprint density at radius 1 is 1.15 bits per heavy atom. The van der Waals surface area contributed by atoms with Gasteiger partial charge >= 0.3 is 0 Å². The summed E-state index contributed by atoms with van der Waals surface area (Å²) in [5.41, 5.74) is 3.60. The first-order valence-corrected chi connectivity index (χ1v) is 11.3. The van der Waals surface area contributed by atoms with E-state index in [-0.39, 0.29) is 32.2 Å². The van der Waals surface area contributed by atoms with E-state index in [9.17, 15) is 9.90 Å². The molecule has 7 nitrogen and oxygen atoms in total. The zero-order chi connectivity index (χ0) is 24.4. The van der Waals surface area contributed by atoms with Crippen LogP contribution in [0.2, 0.25) is 10.0 Å². The molecular weight excluding hydrogens is 497 g/mol. The lowest BCUT2D eigenvalue weighted by Crippen LogP contribution is -2.34. The quantitative estimate of drug-likeness (QED) is 0.272. The van der Waals surface area contributed by atoms with E-state index in [0.29, 0.717) is 22.7 Å². The van der Waals surface area contributed by atoms with Gasteiger partial charge < -0.3 is 19.6 Å². The third-order valence-corrected chi connectivity index (χ3v) is 5.80. The molecule has 0 bridgehead atoms. The number of nitrogens with zero attached hydrogens (tertiary/aromatic N) is 1. The van der Waals surface area contributed by atoms with Crippen LogP contribution >= 0.6 is 35.4 Å². The van der Waals surface area contributed by atoms with Crippen molar-refractivity contribution in [3.63, 3.8) is 0 Å². The minimum atomic E-state index is -0.511. The third-order valence-electron chi connectivity index (χ3n) is 5.04. The number of carbonyl (C=O) groups is 1. The number of hydrogen-bond acceptors (Lipinski definition) is 6. The average molecular weight is 516 g/mol. The number of fused-ring (bicyclic) bond motifs is 1. The number of phenols is 1. The smallest absolute Gasteiger partial charge is 0.257 e. The van der Waals surface area contributed by atoms with E-state index in [1.165, 1.54) is 25.3 Å². The predicted octanol–water partition coefficient (Wildman–Crippen LogP) is 6.21. The maximum Gasteiger partial charge on any atom is 0.257 e. The molecule has 34 heavy (non-hydrogen) atoms. The summed E-state index contributed by atoms with van der Waals surface area (Å²) in [4.78, 5) is 17.0. The lowest BCUT2D eigenvalue weighted by Gasteiger charge is -2.12. The molecule has 0 aliphatic rings. The van der Waals surface area contributed by atoms with Crippen LogP contribution in [-0.4, -0.2) is 28.2 Å². The third kappa shape index (κ3) is 4.94. The monoisotopic (exact) mass is 515 g/mol. The summed E-state index contributed by atoms with van der Waals surface area (Å²) >= 11 is 17.4. The number of ether oxygens (including phenoxy) is 1. The van der Waals surface area contributed by atoms with Gasteiger partial charge in [-0.3, -0.25) is 10.1 Å². The molecule has 0 saturated heterocycles. The highest BCUT2D eigenvalue weighted by atomic mass is 35.5. The Morgan fingerprint density at radius 3 is 2.53 bits per heavy atom. The number of anilines is 1. The summed E-state index contributed by atoms with van der Waals surface area (Å²) in [6, 6.07) is 13.4. The molecule has 1 amide bonds. The number of methoxy groups -OCH3 is 1. The second-order valence-electron chi connectivity index (χ2n) is 7.29. The number of aryl methyl sites for hydroxylation is 1. The maximum atomic E-state index is 12.5. The zero-order valence-corrected chi connectivity index (χ0v) is 20.4. The highest BCUT2D eigenvalue weighted by Gasteiger charge is 2.16. The molecule has 0 saturated carbocycles. The number of thiocarbonyl (C=S) groups is 1. The van der Waals surface area contributed by atoms with E-state index < -0.39 is 5.91 Å². The summed E-state index contributed by atoms with van der Waals surface area (Å²) in [6.45, 7) is 2.06. The van der Waals surface area contributed by atoms with Gasteiger partial charge in [0.05, 0.1) is 22.7 Å². The molecule has 0 atom stereocenters. The van der Waals surface area contributed by atoms with Gasteiger partial charge in [-0.2, -0.15) is 0 Å². The van der Waals surface area contributed by atoms with Crippen molar-refractivity contribution in [2.45, 2.75) is 13.3 Å². The minimum absolute atomic E-state index is 0.0224. The van der Waals surface area contributed by atoms with Crippen LogP contribution in [0.3, 0.4) is 0 Å². The number of aromatic hydroxyl groups is 1. The van der Waals surface area contributed by atoms with Crippen molar-refractivity contribution in [3.8, 4) is 23.0 Å². The number of nitrogens with one attached hydrogen (secondary N) is 2. The number of carbonyl (C=O) groups excluding carboxylic acids is 1. The standard InChI is InChI=1S/C24H19Cl2N3O4S/c1-3-12-4-7-20-18(8-12)28-23(33-20)15-6-5-14(11-19(15)30)27-24(34)29-22(31)13-9-16(25)21(32-2)17(26)10-13/h4-11,30H,3H2,1-2H3,(H2,27,29,31,34). The molecule has 0 unspecified atom stereocenters. The van der Waals surface area contributed by atoms with Crippen molar-refractivity contribution in [1.82, 2.24) is 10.3 Å². The van der Waals surface area contributed by atoms with Crippen LogP contribution in [0.25, 0.3) is 22.6 Å². The molecule has 4 aromatic rings. The lowest BCUT2D eigenvalue weighted by atomic mass is 10.1. The number of hydrogen-bond donors (Lipinski definition) is 3. The van der Waals surface area contributed by atoms with E-state index in [0.717, 1.165) is 17.5 Å². The van der Waals surface area contributed by atoms with Crippen molar-refractivity contribution in [1.29, 1.82) is 0 Å². The highest BCUT2D eigenvalue weighted by Crippen LogP contribution is 2.34. The van der Waals surface area contributed by atoms with Crippen LogP contribution in [0, 0.1) is 0 Å². The number of phenolic OH excluding ortho intramolecular Hbond substituents is 1. The average Bonchev–Trinajstić information content (AvgIpc) is 3.21. The van der Waals surface area contributed by atoms with Crippen molar-refractivity contribution < 1.29 is 19.1 Å². The van der Waals surface area contributed by atoms with Gasteiger partial charge in [-0.1, -0.05) is 36.2 Å². The molecule has 0 aliphatic carbocycles. The molecular formula is C24H19Cl2N3O4S. The summed E-state index contributed by atoms with van der Waals surface area (Å²) in [5.74, 6) is 0.00942. The Hall–Kier alpha value is -3.33. The van der Waals surface area contributed by atoms with Crippen molar-refractivity contribution >= 4 is 63.2 Å². The molecule has 0 fully saturated rings. The first kappa shape index (κ1) is 23.8. The number of benzene rings is 3. The number of aromatic nitrogens is 1. The molecule has 0 radical (unpaired) electrons. The van der Waals surface area contributed by atoms with E-state index in [1.54, 1.807) is 12.1 Å². The molecule has 3 aromatic carbocycles. The van der Waals surface area contributed by atoms with Gasteiger partial charge in [-0.15, -0.1) is 0 Å². The summed E-state index contributed by atoms with van der Waals surface area (Å²) in [7, 11) is 1.43. The highest BCUT2D eigenvalue weighted by molar-refractivity contribution is 7.80.